The summed E-state index contributed by atoms with van der Waals surface area (Å²) in [7, 11) is 0. The van der Waals surface area contributed by atoms with Gasteiger partial charge in [0.05, 0.1) is 0 Å². The molecule has 20 heavy (non-hydrogen) atoms. The van der Waals surface area contributed by atoms with Gasteiger partial charge in [0.1, 0.15) is 12.0 Å². The van der Waals surface area contributed by atoms with Crippen LogP contribution in [0.1, 0.15) is 90.9 Å². The predicted octanol–water partition coefficient (Wildman–Crippen LogP) is 5.86. The molecular formula is C17H33ClO2. The Hall–Kier alpha value is -0.240. The number of ether oxygens (including phenoxy) is 1. The van der Waals surface area contributed by atoms with Crippen molar-refractivity contribution in [1.82, 2.24) is 0 Å². The van der Waals surface area contributed by atoms with Gasteiger partial charge >= 0.3 is 5.97 Å². The Labute approximate surface area is 130 Å². The topological polar surface area (TPSA) is 26.3 Å². The van der Waals surface area contributed by atoms with Gasteiger partial charge in [-0.3, -0.25) is 4.79 Å². The van der Waals surface area contributed by atoms with Crippen molar-refractivity contribution in [2.24, 2.45) is 0 Å². The second-order valence-corrected chi connectivity index (χ2v) is 5.92. The van der Waals surface area contributed by atoms with E-state index >= 15 is 0 Å². The molecule has 0 aromatic rings. The van der Waals surface area contributed by atoms with Crippen molar-refractivity contribution in [3.8, 4) is 0 Å². The number of halogens is 1. The molecule has 0 amide bonds. The highest BCUT2D eigenvalue weighted by atomic mass is 35.5. The van der Waals surface area contributed by atoms with Crippen LogP contribution >= 0.6 is 11.6 Å². The maximum atomic E-state index is 11.2. The number of carbonyl (C=O) groups excluding carboxylic acids is 1. The van der Waals surface area contributed by atoms with Crippen molar-refractivity contribution in [3.63, 3.8) is 0 Å². The number of unbranched alkanes of at least 4 members (excludes halogenated alkanes) is 8. The van der Waals surface area contributed by atoms with Gasteiger partial charge in [0.2, 0.25) is 0 Å². The fraction of sp³-hybridized carbons (Fsp3) is 0.941. The first-order valence-electron chi connectivity index (χ1n) is 8.50. The van der Waals surface area contributed by atoms with E-state index in [1.165, 1.54) is 51.4 Å². The second-order valence-electron chi connectivity index (χ2n) is 5.65. The molecule has 120 valence electrons. The van der Waals surface area contributed by atoms with E-state index in [4.69, 9.17) is 16.3 Å². The molecule has 0 aliphatic heterocycles. The van der Waals surface area contributed by atoms with Crippen LogP contribution in [0, 0.1) is 0 Å². The molecule has 0 fully saturated rings. The van der Waals surface area contributed by atoms with E-state index in [2.05, 4.69) is 13.8 Å². The summed E-state index contributed by atoms with van der Waals surface area (Å²) in [6, 6.07) is 0. The van der Waals surface area contributed by atoms with Crippen LogP contribution < -0.4 is 0 Å². The summed E-state index contributed by atoms with van der Waals surface area (Å²) in [6.45, 7) is 4.38. The summed E-state index contributed by atoms with van der Waals surface area (Å²) in [4.78, 5) is 11.2. The Kier molecular flexibility index (Phi) is 15.0. The number of hydrogen-bond acceptors (Lipinski definition) is 2. The molecule has 2 nitrogen and oxygen atoms in total. The van der Waals surface area contributed by atoms with Crippen LogP contribution in [-0.4, -0.2) is 18.0 Å². The van der Waals surface area contributed by atoms with Gasteiger partial charge in [-0.15, -0.1) is 11.6 Å². The standard InChI is InChI=1S/C17H33ClO2/c1-3-5-6-7-8-9-10-11-12-14-16(13-4-2)20-17(19)15-18/h16H,3-15H2,1-2H3. The molecule has 0 saturated heterocycles. The first-order valence-corrected chi connectivity index (χ1v) is 9.03. The van der Waals surface area contributed by atoms with E-state index in [-0.39, 0.29) is 18.0 Å². The maximum Gasteiger partial charge on any atom is 0.321 e. The summed E-state index contributed by atoms with van der Waals surface area (Å²) >= 11 is 5.48. The van der Waals surface area contributed by atoms with Crippen LogP contribution in [-0.2, 0) is 9.53 Å². The van der Waals surface area contributed by atoms with Crippen LogP contribution in [0.15, 0.2) is 0 Å². The molecule has 0 aliphatic rings. The summed E-state index contributed by atoms with van der Waals surface area (Å²) in [6.07, 6.45) is 15.0. The molecule has 0 N–H and O–H groups in total. The fourth-order valence-electron chi connectivity index (χ4n) is 2.48. The molecule has 0 saturated carbocycles. The number of hydrogen-bond donors (Lipinski definition) is 0. The minimum Gasteiger partial charge on any atom is -0.461 e. The van der Waals surface area contributed by atoms with Gasteiger partial charge in [-0.2, -0.15) is 0 Å². The minimum absolute atomic E-state index is 0.0298. The van der Waals surface area contributed by atoms with Crippen molar-refractivity contribution in [3.05, 3.63) is 0 Å². The molecule has 0 rings (SSSR count). The van der Waals surface area contributed by atoms with E-state index in [0.29, 0.717) is 0 Å². The van der Waals surface area contributed by atoms with Gasteiger partial charge in [0.15, 0.2) is 0 Å². The smallest absolute Gasteiger partial charge is 0.321 e. The maximum absolute atomic E-state index is 11.2. The van der Waals surface area contributed by atoms with Gasteiger partial charge in [0.25, 0.3) is 0 Å². The zero-order valence-electron chi connectivity index (χ0n) is 13.5. The Morgan fingerprint density at radius 1 is 0.850 bits per heavy atom. The minimum atomic E-state index is -0.277. The van der Waals surface area contributed by atoms with Crippen LogP contribution in [0.3, 0.4) is 0 Å². The lowest BCUT2D eigenvalue weighted by molar-refractivity contribution is -0.146. The lowest BCUT2D eigenvalue weighted by atomic mass is 10.0. The fourth-order valence-corrected chi connectivity index (χ4v) is 2.55. The summed E-state index contributed by atoms with van der Waals surface area (Å²) in [5.41, 5.74) is 0. The van der Waals surface area contributed by atoms with Gasteiger partial charge in [-0.25, -0.2) is 0 Å². The summed E-state index contributed by atoms with van der Waals surface area (Å²) in [5.74, 6) is -0.307. The van der Waals surface area contributed by atoms with Crippen molar-refractivity contribution in [2.45, 2.75) is 97.0 Å². The normalized spacial score (nSPS) is 12.3. The van der Waals surface area contributed by atoms with Crippen LogP contribution in [0.2, 0.25) is 0 Å². The van der Waals surface area contributed by atoms with Gasteiger partial charge in [0, 0.05) is 0 Å². The zero-order valence-corrected chi connectivity index (χ0v) is 14.2. The zero-order chi connectivity index (χ0) is 15.1. The van der Waals surface area contributed by atoms with E-state index in [9.17, 15) is 4.79 Å². The van der Waals surface area contributed by atoms with E-state index in [0.717, 1.165) is 25.7 Å². The highest BCUT2D eigenvalue weighted by Gasteiger charge is 2.12. The lowest BCUT2D eigenvalue weighted by Crippen LogP contribution is -2.18. The Balaban J connectivity index is 3.46. The molecule has 0 aromatic carbocycles. The monoisotopic (exact) mass is 304 g/mol. The SMILES string of the molecule is CCCCCCCCCCCC(CCC)OC(=O)CCl. The molecule has 1 atom stereocenters. The highest BCUT2D eigenvalue weighted by Crippen LogP contribution is 2.15. The number of carbonyl (C=O) groups is 1. The van der Waals surface area contributed by atoms with Crippen molar-refractivity contribution in [2.75, 3.05) is 5.88 Å². The largest absolute Gasteiger partial charge is 0.461 e. The van der Waals surface area contributed by atoms with Gasteiger partial charge in [-0.05, 0) is 19.3 Å². The third-order valence-electron chi connectivity index (χ3n) is 3.65. The van der Waals surface area contributed by atoms with Crippen molar-refractivity contribution in [1.29, 1.82) is 0 Å². The van der Waals surface area contributed by atoms with E-state index in [1.807, 2.05) is 0 Å². The molecule has 0 aromatic heterocycles. The Morgan fingerprint density at radius 2 is 1.40 bits per heavy atom. The van der Waals surface area contributed by atoms with E-state index < -0.39 is 0 Å². The van der Waals surface area contributed by atoms with Crippen molar-refractivity contribution >= 4 is 17.6 Å². The van der Waals surface area contributed by atoms with Gasteiger partial charge < -0.3 is 4.74 Å². The molecule has 1 unspecified atom stereocenters. The first-order chi connectivity index (χ1) is 9.74. The van der Waals surface area contributed by atoms with Crippen LogP contribution in [0.5, 0.6) is 0 Å². The second kappa shape index (κ2) is 15.2. The molecule has 3 heteroatoms. The van der Waals surface area contributed by atoms with Gasteiger partial charge in [-0.1, -0.05) is 71.6 Å². The quantitative estimate of drug-likeness (QED) is 0.228. The highest BCUT2D eigenvalue weighted by molar-refractivity contribution is 6.26. The molecule has 0 aliphatic carbocycles. The molecule has 0 spiro atoms. The average Bonchev–Trinajstić information content (AvgIpc) is 2.45. The molecule has 0 heterocycles. The van der Waals surface area contributed by atoms with Crippen LogP contribution in [0.4, 0.5) is 0 Å². The van der Waals surface area contributed by atoms with Crippen molar-refractivity contribution < 1.29 is 9.53 Å². The molecule has 0 bridgehead atoms. The van der Waals surface area contributed by atoms with Crippen LogP contribution in [0.25, 0.3) is 0 Å². The molecule has 0 radical (unpaired) electrons. The third kappa shape index (κ3) is 12.8. The first kappa shape index (κ1) is 19.8. The number of esters is 1. The summed E-state index contributed by atoms with van der Waals surface area (Å²) < 4.78 is 5.34. The average molecular weight is 305 g/mol. The Bertz CT molecular complexity index is 219. The number of rotatable bonds is 14. The molecular weight excluding hydrogens is 272 g/mol. The lowest BCUT2D eigenvalue weighted by Gasteiger charge is -2.16. The summed E-state index contributed by atoms with van der Waals surface area (Å²) in [5, 5.41) is 0. The van der Waals surface area contributed by atoms with E-state index in [1.54, 1.807) is 0 Å². The number of alkyl halides is 1. The predicted molar refractivity (Wildman–Crippen MR) is 87.4 cm³/mol. The Morgan fingerprint density at radius 3 is 1.90 bits per heavy atom. The third-order valence-corrected chi connectivity index (χ3v) is 3.87.